The first-order chi connectivity index (χ1) is 16.4. The van der Waals surface area contributed by atoms with Crippen molar-refractivity contribution in [3.63, 3.8) is 0 Å². The lowest BCUT2D eigenvalue weighted by Gasteiger charge is -2.12. The molecule has 0 bridgehead atoms. The fraction of sp³-hybridized carbons (Fsp3) is 0.148. The molecule has 0 atom stereocenters. The Kier molecular flexibility index (Phi) is 7.13. The number of hydrogen-bond acceptors (Lipinski definition) is 5. The number of aliphatic imine (C=N–C) groups is 1. The molecule has 3 aromatic rings. The summed E-state index contributed by atoms with van der Waals surface area (Å²) in [5.41, 5.74) is 4.00. The topological polar surface area (TPSA) is 79.2 Å². The zero-order valence-electron chi connectivity index (χ0n) is 18.9. The van der Waals surface area contributed by atoms with Crippen molar-refractivity contribution in [2.24, 2.45) is 4.99 Å². The van der Waals surface area contributed by atoms with Crippen LogP contribution in [0, 0.1) is 6.92 Å². The van der Waals surface area contributed by atoms with Gasteiger partial charge in [-0.15, -0.1) is 0 Å². The Hall–Kier alpha value is -3.84. The minimum Gasteiger partial charge on any atom is -0.489 e. The Morgan fingerprint density at radius 2 is 1.71 bits per heavy atom. The number of amidine groups is 1. The van der Waals surface area contributed by atoms with Crippen LogP contribution in [0.25, 0.3) is 6.08 Å². The summed E-state index contributed by atoms with van der Waals surface area (Å²) in [5.74, 6) is -0.333. The molecule has 0 aliphatic carbocycles. The van der Waals surface area contributed by atoms with Crippen LogP contribution in [0.1, 0.15) is 34.0 Å². The van der Waals surface area contributed by atoms with Gasteiger partial charge >= 0.3 is 5.97 Å². The number of ether oxygens (including phenoxy) is 1. The maximum atomic E-state index is 12.9. The minimum absolute atomic E-state index is 0.104. The molecule has 34 heavy (non-hydrogen) atoms. The van der Waals surface area contributed by atoms with E-state index in [2.05, 4.69) is 36.2 Å². The maximum absolute atomic E-state index is 12.9. The van der Waals surface area contributed by atoms with Crippen LogP contribution in [0.5, 0.6) is 5.75 Å². The van der Waals surface area contributed by atoms with E-state index in [1.54, 1.807) is 17.0 Å². The molecule has 4 rings (SSSR count). The number of aryl methyl sites for hydroxylation is 1. The largest absolute Gasteiger partial charge is 0.489 e. The number of thioether (sulfide) groups is 1. The van der Waals surface area contributed by atoms with E-state index < -0.39 is 5.97 Å². The quantitative estimate of drug-likeness (QED) is 0.433. The highest BCUT2D eigenvalue weighted by Crippen LogP contribution is 2.34. The summed E-state index contributed by atoms with van der Waals surface area (Å²) < 4.78 is 5.86. The summed E-state index contributed by atoms with van der Waals surface area (Å²) in [6.45, 7) is 4.93. The number of carbonyl (C=O) groups excluding carboxylic acids is 1. The number of amides is 1. The first-order valence-electron chi connectivity index (χ1n) is 10.8. The highest BCUT2D eigenvalue weighted by Gasteiger charge is 2.32. The van der Waals surface area contributed by atoms with Crippen LogP contribution in [0.3, 0.4) is 0 Å². The number of hydrogen-bond donors (Lipinski definition) is 1. The van der Waals surface area contributed by atoms with Gasteiger partial charge in [0, 0.05) is 6.54 Å². The van der Waals surface area contributed by atoms with Gasteiger partial charge in [-0.1, -0.05) is 42.0 Å². The molecule has 1 amide bonds. The maximum Gasteiger partial charge on any atom is 0.335 e. The second kappa shape index (κ2) is 10.4. The number of carboxylic acid groups (broad SMARTS) is 1. The van der Waals surface area contributed by atoms with Crippen LogP contribution in [-0.2, 0) is 11.4 Å². The van der Waals surface area contributed by atoms with Gasteiger partial charge in [-0.3, -0.25) is 9.69 Å². The molecule has 172 valence electrons. The Morgan fingerprint density at radius 3 is 2.32 bits per heavy atom. The van der Waals surface area contributed by atoms with E-state index in [9.17, 15) is 9.59 Å². The summed E-state index contributed by atoms with van der Waals surface area (Å²) in [6, 6.07) is 22.1. The van der Waals surface area contributed by atoms with Crippen LogP contribution in [-0.4, -0.2) is 33.6 Å². The lowest BCUT2D eigenvalue weighted by Crippen LogP contribution is -2.28. The third-order valence-electron chi connectivity index (χ3n) is 5.25. The summed E-state index contributed by atoms with van der Waals surface area (Å²) in [7, 11) is 0. The van der Waals surface area contributed by atoms with E-state index in [-0.39, 0.29) is 11.5 Å². The molecule has 0 unspecified atom stereocenters. The van der Waals surface area contributed by atoms with Crippen LogP contribution in [0.2, 0.25) is 0 Å². The Balaban J connectivity index is 1.46. The molecule has 0 saturated carbocycles. The number of aromatic carboxylic acids is 1. The third kappa shape index (κ3) is 5.55. The van der Waals surface area contributed by atoms with Gasteiger partial charge in [-0.25, -0.2) is 9.79 Å². The average Bonchev–Trinajstić information content (AvgIpc) is 3.13. The molecule has 1 fully saturated rings. The van der Waals surface area contributed by atoms with E-state index in [1.807, 2.05) is 37.3 Å². The predicted molar refractivity (Wildman–Crippen MR) is 135 cm³/mol. The van der Waals surface area contributed by atoms with E-state index >= 15 is 0 Å². The first-order valence-corrected chi connectivity index (χ1v) is 11.7. The second-order valence-electron chi connectivity index (χ2n) is 7.75. The fourth-order valence-corrected chi connectivity index (χ4v) is 4.38. The highest BCUT2D eigenvalue weighted by molar-refractivity contribution is 8.18. The Bertz CT molecular complexity index is 1250. The van der Waals surface area contributed by atoms with Gasteiger partial charge in [0.05, 0.1) is 16.2 Å². The second-order valence-corrected chi connectivity index (χ2v) is 8.76. The smallest absolute Gasteiger partial charge is 0.335 e. The minimum atomic E-state index is -0.989. The molecule has 0 radical (unpaired) electrons. The number of nitrogens with zero attached hydrogens (tertiary/aromatic N) is 2. The molecule has 6 nitrogen and oxygen atoms in total. The number of benzene rings is 3. The Morgan fingerprint density at radius 1 is 1.03 bits per heavy atom. The van der Waals surface area contributed by atoms with Crippen LogP contribution in [0.4, 0.5) is 5.69 Å². The molecule has 1 aliphatic heterocycles. The summed E-state index contributed by atoms with van der Waals surface area (Å²) in [5, 5.41) is 9.62. The highest BCUT2D eigenvalue weighted by atomic mass is 32.2. The van der Waals surface area contributed by atoms with Gasteiger partial charge in [0.1, 0.15) is 12.4 Å². The lowest BCUT2D eigenvalue weighted by molar-refractivity contribution is -0.122. The van der Waals surface area contributed by atoms with Gasteiger partial charge in [-0.2, -0.15) is 0 Å². The summed E-state index contributed by atoms with van der Waals surface area (Å²) in [6.07, 6.45) is 1.84. The molecule has 0 spiro atoms. The molecule has 1 N–H and O–H groups in total. The number of carbonyl (C=O) groups is 2. The Labute approximate surface area is 202 Å². The van der Waals surface area contributed by atoms with Crippen molar-refractivity contribution in [2.45, 2.75) is 20.5 Å². The average molecular weight is 473 g/mol. The molecule has 0 aromatic heterocycles. The predicted octanol–water partition coefficient (Wildman–Crippen LogP) is 5.90. The van der Waals surface area contributed by atoms with Crippen molar-refractivity contribution in [1.82, 2.24) is 4.90 Å². The standard InChI is InChI=1S/C27H24N2O4S/c1-3-29-25(30)24(34-27(29)28-22-12-10-21(11-13-22)26(31)32)16-19-8-14-23(15-9-19)33-17-20-6-4-18(2)5-7-20/h4-16H,3,17H2,1-2H3,(H,31,32)/b24-16-,28-27?. The van der Waals surface area contributed by atoms with Gasteiger partial charge < -0.3 is 9.84 Å². The molecule has 1 heterocycles. The lowest BCUT2D eigenvalue weighted by atomic mass is 10.1. The van der Waals surface area contributed by atoms with Crippen molar-refractivity contribution in [3.8, 4) is 5.75 Å². The summed E-state index contributed by atoms with van der Waals surface area (Å²) in [4.78, 5) is 30.7. The van der Waals surface area contributed by atoms with Gasteiger partial charge in [-0.05, 0) is 79.2 Å². The van der Waals surface area contributed by atoms with Crippen molar-refractivity contribution < 1.29 is 19.4 Å². The molecular weight excluding hydrogens is 448 g/mol. The van der Waals surface area contributed by atoms with E-state index in [0.717, 1.165) is 16.9 Å². The first kappa shape index (κ1) is 23.3. The normalized spacial score (nSPS) is 15.8. The van der Waals surface area contributed by atoms with Crippen molar-refractivity contribution in [3.05, 3.63) is 100.0 Å². The van der Waals surface area contributed by atoms with Crippen LogP contribution < -0.4 is 4.74 Å². The molecule has 1 aliphatic rings. The van der Waals surface area contributed by atoms with Crippen molar-refractivity contribution in [2.75, 3.05) is 6.54 Å². The SMILES string of the molecule is CCN1C(=O)/C(=C/c2ccc(OCc3ccc(C)cc3)cc2)SC1=Nc1ccc(C(=O)O)cc1. The fourth-order valence-electron chi connectivity index (χ4n) is 3.32. The zero-order valence-corrected chi connectivity index (χ0v) is 19.7. The monoisotopic (exact) mass is 472 g/mol. The zero-order chi connectivity index (χ0) is 24.1. The van der Waals surface area contributed by atoms with E-state index in [1.165, 1.54) is 29.5 Å². The molecule has 7 heteroatoms. The van der Waals surface area contributed by atoms with E-state index in [0.29, 0.717) is 28.9 Å². The third-order valence-corrected chi connectivity index (χ3v) is 6.25. The van der Waals surface area contributed by atoms with Gasteiger partial charge in [0.15, 0.2) is 5.17 Å². The van der Waals surface area contributed by atoms with Gasteiger partial charge in [0.25, 0.3) is 5.91 Å². The molecular formula is C27H24N2O4S. The molecule has 3 aromatic carbocycles. The molecule has 1 saturated heterocycles. The van der Waals surface area contributed by atoms with Gasteiger partial charge in [0.2, 0.25) is 0 Å². The summed E-state index contributed by atoms with van der Waals surface area (Å²) >= 11 is 1.30. The number of rotatable bonds is 7. The van der Waals surface area contributed by atoms with Crippen LogP contribution >= 0.6 is 11.8 Å². The number of carboxylic acids is 1. The van der Waals surface area contributed by atoms with Crippen molar-refractivity contribution >= 4 is 40.6 Å². The number of likely N-dealkylation sites (N-methyl/N-ethyl adjacent to an activating group) is 1. The van der Waals surface area contributed by atoms with E-state index in [4.69, 9.17) is 9.84 Å². The van der Waals surface area contributed by atoms with Crippen molar-refractivity contribution in [1.29, 1.82) is 0 Å². The van der Waals surface area contributed by atoms with Crippen LogP contribution in [0.15, 0.2) is 82.7 Å².